The number of rotatable bonds is 4. The SMILES string of the molecule is S=C(NCc1ccccc1)Nc1ccc(N2CCCCCC2)nc1. The molecule has 0 bridgehead atoms. The van der Waals surface area contributed by atoms with E-state index in [-0.39, 0.29) is 0 Å². The Balaban J connectivity index is 1.51. The standard InChI is InChI=1S/C19H24N4S/c24-19(21-14-16-8-4-3-5-9-16)22-17-10-11-18(20-15-17)23-12-6-1-2-7-13-23/h3-5,8-11,15H,1-2,6-7,12-14H2,(H2,21,22,24). The average molecular weight is 340 g/mol. The third-order valence-electron chi connectivity index (χ3n) is 4.23. The van der Waals surface area contributed by atoms with E-state index < -0.39 is 0 Å². The van der Waals surface area contributed by atoms with Gasteiger partial charge in [0.2, 0.25) is 0 Å². The Morgan fingerprint density at radius 1 is 1.00 bits per heavy atom. The smallest absolute Gasteiger partial charge is 0.171 e. The number of hydrogen-bond donors (Lipinski definition) is 2. The van der Waals surface area contributed by atoms with Gasteiger partial charge in [-0.25, -0.2) is 4.98 Å². The van der Waals surface area contributed by atoms with Crippen molar-refractivity contribution < 1.29 is 0 Å². The summed E-state index contributed by atoms with van der Waals surface area (Å²) < 4.78 is 0. The number of aromatic nitrogens is 1. The summed E-state index contributed by atoms with van der Waals surface area (Å²) in [4.78, 5) is 6.97. The molecule has 2 heterocycles. The average Bonchev–Trinajstić information content (AvgIpc) is 2.91. The van der Waals surface area contributed by atoms with Crippen molar-refractivity contribution in [2.75, 3.05) is 23.3 Å². The van der Waals surface area contributed by atoms with Crippen LogP contribution in [-0.2, 0) is 6.54 Å². The number of nitrogens with zero attached hydrogens (tertiary/aromatic N) is 2. The first-order valence-corrected chi connectivity index (χ1v) is 9.02. The van der Waals surface area contributed by atoms with Gasteiger partial charge in [-0.3, -0.25) is 0 Å². The van der Waals surface area contributed by atoms with E-state index in [1.54, 1.807) is 0 Å². The minimum absolute atomic E-state index is 0.614. The second kappa shape index (κ2) is 8.64. The van der Waals surface area contributed by atoms with Gasteiger partial charge in [0, 0.05) is 19.6 Å². The third-order valence-corrected chi connectivity index (χ3v) is 4.48. The summed E-state index contributed by atoms with van der Waals surface area (Å²) in [5.74, 6) is 1.06. The molecule has 1 aliphatic heterocycles. The number of pyridine rings is 1. The van der Waals surface area contributed by atoms with Crippen LogP contribution < -0.4 is 15.5 Å². The summed E-state index contributed by atoms with van der Waals surface area (Å²) >= 11 is 5.35. The molecule has 4 nitrogen and oxygen atoms in total. The van der Waals surface area contributed by atoms with Gasteiger partial charge in [-0.15, -0.1) is 0 Å². The maximum Gasteiger partial charge on any atom is 0.171 e. The van der Waals surface area contributed by atoms with E-state index in [0.717, 1.165) is 24.6 Å². The summed E-state index contributed by atoms with van der Waals surface area (Å²) in [7, 11) is 0. The highest BCUT2D eigenvalue weighted by atomic mass is 32.1. The molecule has 0 amide bonds. The number of thiocarbonyl (C=S) groups is 1. The molecule has 0 aliphatic carbocycles. The number of benzene rings is 1. The molecule has 5 heteroatoms. The Hall–Kier alpha value is -2.14. The Kier molecular flexibility index (Phi) is 6.01. The first-order chi connectivity index (χ1) is 11.8. The molecule has 1 aromatic carbocycles. The molecular formula is C19H24N4S. The lowest BCUT2D eigenvalue weighted by Crippen LogP contribution is -2.28. The van der Waals surface area contributed by atoms with Crippen molar-refractivity contribution in [2.45, 2.75) is 32.2 Å². The lowest BCUT2D eigenvalue weighted by molar-refractivity contribution is 0.726. The van der Waals surface area contributed by atoms with E-state index in [0.29, 0.717) is 11.7 Å². The molecule has 0 atom stereocenters. The topological polar surface area (TPSA) is 40.2 Å². The summed E-state index contributed by atoms with van der Waals surface area (Å²) in [6.07, 6.45) is 7.04. The molecule has 0 unspecified atom stereocenters. The molecule has 24 heavy (non-hydrogen) atoms. The van der Waals surface area contributed by atoms with Gasteiger partial charge in [0.05, 0.1) is 11.9 Å². The van der Waals surface area contributed by atoms with E-state index in [1.165, 1.54) is 31.2 Å². The van der Waals surface area contributed by atoms with Crippen LogP contribution in [0.5, 0.6) is 0 Å². The van der Waals surface area contributed by atoms with Crippen LogP contribution in [0.3, 0.4) is 0 Å². The molecule has 1 fully saturated rings. The highest BCUT2D eigenvalue weighted by Crippen LogP contribution is 2.18. The van der Waals surface area contributed by atoms with Crippen LogP contribution in [0.25, 0.3) is 0 Å². The van der Waals surface area contributed by atoms with Crippen LogP contribution in [-0.4, -0.2) is 23.2 Å². The van der Waals surface area contributed by atoms with Crippen LogP contribution >= 0.6 is 12.2 Å². The monoisotopic (exact) mass is 340 g/mol. The van der Waals surface area contributed by atoms with E-state index >= 15 is 0 Å². The Bertz CT molecular complexity index is 634. The van der Waals surface area contributed by atoms with Crippen molar-refractivity contribution in [3.05, 3.63) is 54.2 Å². The van der Waals surface area contributed by atoms with Crippen LogP contribution in [0.1, 0.15) is 31.2 Å². The van der Waals surface area contributed by atoms with Crippen molar-refractivity contribution in [1.29, 1.82) is 0 Å². The third kappa shape index (κ3) is 4.93. The van der Waals surface area contributed by atoms with E-state index in [9.17, 15) is 0 Å². The lowest BCUT2D eigenvalue weighted by atomic mass is 10.2. The Labute approximate surface area is 149 Å². The van der Waals surface area contributed by atoms with Gasteiger partial charge < -0.3 is 15.5 Å². The number of nitrogens with one attached hydrogen (secondary N) is 2. The molecule has 1 aromatic heterocycles. The maximum atomic E-state index is 5.35. The largest absolute Gasteiger partial charge is 0.358 e. The highest BCUT2D eigenvalue weighted by Gasteiger charge is 2.10. The zero-order valence-electron chi connectivity index (χ0n) is 13.9. The molecule has 1 aliphatic rings. The minimum Gasteiger partial charge on any atom is -0.358 e. The summed E-state index contributed by atoms with van der Waals surface area (Å²) in [5, 5.41) is 7.02. The predicted molar refractivity (Wildman–Crippen MR) is 104 cm³/mol. The van der Waals surface area contributed by atoms with E-state index in [1.807, 2.05) is 30.5 Å². The molecular weight excluding hydrogens is 316 g/mol. The lowest BCUT2D eigenvalue weighted by Gasteiger charge is -2.21. The van der Waals surface area contributed by atoms with Crippen molar-refractivity contribution >= 4 is 28.8 Å². The van der Waals surface area contributed by atoms with E-state index in [2.05, 4.69) is 38.7 Å². The summed E-state index contributed by atoms with van der Waals surface area (Å²) in [6, 6.07) is 14.3. The first kappa shape index (κ1) is 16.7. The minimum atomic E-state index is 0.614. The van der Waals surface area contributed by atoms with Gasteiger partial charge in [-0.05, 0) is 42.8 Å². The zero-order chi connectivity index (χ0) is 16.6. The van der Waals surface area contributed by atoms with Gasteiger partial charge >= 0.3 is 0 Å². The van der Waals surface area contributed by atoms with Crippen LogP contribution in [0.2, 0.25) is 0 Å². The molecule has 126 valence electrons. The second-order valence-corrected chi connectivity index (χ2v) is 6.51. The fraction of sp³-hybridized carbons (Fsp3) is 0.368. The van der Waals surface area contributed by atoms with Gasteiger partial charge in [0.15, 0.2) is 5.11 Å². The quantitative estimate of drug-likeness (QED) is 0.825. The fourth-order valence-corrected chi connectivity index (χ4v) is 3.09. The van der Waals surface area contributed by atoms with Gasteiger partial charge in [0.25, 0.3) is 0 Å². The predicted octanol–water partition coefficient (Wildman–Crippen LogP) is 3.95. The van der Waals surface area contributed by atoms with Crippen LogP contribution in [0.4, 0.5) is 11.5 Å². The van der Waals surface area contributed by atoms with Crippen molar-refractivity contribution in [3.8, 4) is 0 Å². The number of anilines is 2. The van der Waals surface area contributed by atoms with E-state index in [4.69, 9.17) is 12.2 Å². The molecule has 0 saturated carbocycles. The highest BCUT2D eigenvalue weighted by molar-refractivity contribution is 7.80. The Morgan fingerprint density at radius 2 is 1.75 bits per heavy atom. The summed E-state index contributed by atoms with van der Waals surface area (Å²) in [5.41, 5.74) is 2.12. The number of hydrogen-bond acceptors (Lipinski definition) is 3. The second-order valence-electron chi connectivity index (χ2n) is 6.10. The van der Waals surface area contributed by atoms with Gasteiger partial charge in [-0.2, -0.15) is 0 Å². The van der Waals surface area contributed by atoms with Gasteiger partial charge in [0.1, 0.15) is 5.82 Å². The zero-order valence-corrected chi connectivity index (χ0v) is 14.7. The normalized spacial score (nSPS) is 14.8. The van der Waals surface area contributed by atoms with Gasteiger partial charge in [-0.1, -0.05) is 43.2 Å². The van der Waals surface area contributed by atoms with Crippen molar-refractivity contribution in [2.24, 2.45) is 0 Å². The van der Waals surface area contributed by atoms with Crippen molar-refractivity contribution in [1.82, 2.24) is 10.3 Å². The maximum absolute atomic E-state index is 5.35. The molecule has 0 spiro atoms. The molecule has 3 rings (SSSR count). The summed E-state index contributed by atoms with van der Waals surface area (Å²) in [6.45, 7) is 2.93. The first-order valence-electron chi connectivity index (χ1n) is 8.61. The molecule has 1 saturated heterocycles. The van der Waals surface area contributed by atoms with Crippen LogP contribution in [0, 0.1) is 0 Å². The molecule has 2 aromatic rings. The van der Waals surface area contributed by atoms with Crippen LogP contribution in [0.15, 0.2) is 48.7 Å². The Morgan fingerprint density at radius 3 is 2.42 bits per heavy atom. The molecule has 2 N–H and O–H groups in total. The van der Waals surface area contributed by atoms with Crippen molar-refractivity contribution in [3.63, 3.8) is 0 Å². The fourth-order valence-electron chi connectivity index (χ4n) is 2.90. The molecule has 0 radical (unpaired) electrons.